The number of allylic oxidation sites excluding steroid dienone is 2. The summed E-state index contributed by atoms with van der Waals surface area (Å²) < 4.78 is 0. The summed E-state index contributed by atoms with van der Waals surface area (Å²) in [5, 5.41) is 0. The number of aryl methyl sites for hydroxylation is 1. The molecule has 2 atom stereocenters. The number of Topliss-reactive ketones (excluding diaryl/α,β-unsaturated/α-hetero) is 1. The largest absolute Gasteiger partial charge is 0.299 e. The normalized spacial score (nSPS) is 28.1. The molecule has 0 heterocycles. The number of ketones is 1. The molecule has 0 aliphatic heterocycles. The predicted octanol–water partition coefficient (Wildman–Crippen LogP) is 4.85. The number of hydrogen-bond acceptors (Lipinski definition) is 1. The number of carbonyl (C=O) groups is 1. The monoisotopic (exact) mass is 300 g/mol. The van der Waals surface area contributed by atoms with Gasteiger partial charge >= 0.3 is 0 Å². The molecule has 5 rings (SSSR count). The summed E-state index contributed by atoms with van der Waals surface area (Å²) in [5.41, 5.74) is 6.53. The summed E-state index contributed by atoms with van der Waals surface area (Å²) in [5.74, 6) is 0.999. The fourth-order valence-electron chi connectivity index (χ4n) is 5.10. The van der Waals surface area contributed by atoms with Crippen LogP contribution < -0.4 is 0 Å². The smallest absolute Gasteiger partial charge is 0.144 e. The van der Waals surface area contributed by atoms with Gasteiger partial charge in [0.15, 0.2) is 0 Å². The molecule has 2 aromatic rings. The third-order valence-electron chi connectivity index (χ3n) is 6.22. The Balaban J connectivity index is 1.70. The Morgan fingerprint density at radius 1 is 0.957 bits per heavy atom. The zero-order chi connectivity index (χ0) is 15.4. The Bertz CT molecular complexity index is 830. The molecule has 2 unspecified atom stereocenters. The predicted molar refractivity (Wildman–Crippen MR) is 92.3 cm³/mol. The molecule has 23 heavy (non-hydrogen) atoms. The van der Waals surface area contributed by atoms with Gasteiger partial charge in [-0.15, -0.1) is 0 Å². The van der Waals surface area contributed by atoms with Crippen molar-refractivity contribution in [3.05, 3.63) is 71.3 Å². The topological polar surface area (TPSA) is 17.1 Å². The summed E-state index contributed by atoms with van der Waals surface area (Å²) in [6.07, 6.45) is 7.22. The Labute approximate surface area is 137 Å². The molecule has 1 fully saturated rings. The van der Waals surface area contributed by atoms with E-state index >= 15 is 0 Å². The zero-order valence-electron chi connectivity index (χ0n) is 13.2. The molecule has 3 aliphatic carbocycles. The number of rotatable bonds is 1. The Kier molecular flexibility index (Phi) is 2.70. The van der Waals surface area contributed by atoms with E-state index in [0.29, 0.717) is 11.7 Å². The standard InChI is InChI=1S/C22H20O/c23-21-11-9-17-7-8-18(16-4-2-1-3-5-16)13-20(17)22(21)14-15-6-10-19(22)12-15/h1-8,13,19H,9-12,14H2. The second-order valence-corrected chi connectivity index (χ2v) is 7.31. The van der Waals surface area contributed by atoms with Gasteiger partial charge in [0.25, 0.3) is 0 Å². The second-order valence-electron chi connectivity index (χ2n) is 7.31. The maximum Gasteiger partial charge on any atom is 0.144 e. The molecular weight excluding hydrogens is 280 g/mol. The van der Waals surface area contributed by atoms with E-state index in [0.717, 1.165) is 32.1 Å². The van der Waals surface area contributed by atoms with E-state index in [-0.39, 0.29) is 5.41 Å². The molecule has 1 saturated carbocycles. The van der Waals surface area contributed by atoms with Crippen molar-refractivity contribution >= 4 is 5.78 Å². The van der Waals surface area contributed by atoms with Gasteiger partial charge in [-0.25, -0.2) is 0 Å². The third kappa shape index (κ3) is 1.77. The fraction of sp³-hybridized carbons (Fsp3) is 0.318. The Morgan fingerprint density at radius 3 is 2.57 bits per heavy atom. The molecule has 1 nitrogen and oxygen atoms in total. The van der Waals surface area contributed by atoms with Gasteiger partial charge in [-0.2, -0.15) is 0 Å². The lowest BCUT2D eigenvalue weighted by Crippen LogP contribution is -2.43. The van der Waals surface area contributed by atoms with Crippen molar-refractivity contribution in [1.29, 1.82) is 0 Å². The Hall–Kier alpha value is -2.15. The molecule has 0 amide bonds. The van der Waals surface area contributed by atoms with Gasteiger partial charge in [-0.3, -0.25) is 4.79 Å². The summed E-state index contributed by atoms with van der Waals surface area (Å²) in [4.78, 5) is 13.0. The highest BCUT2D eigenvalue weighted by Gasteiger charge is 2.54. The number of hydrogen-bond donors (Lipinski definition) is 0. The number of benzene rings is 2. The minimum Gasteiger partial charge on any atom is -0.299 e. The third-order valence-corrected chi connectivity index (χ3v) is 6.22. The summed E-state index contributed by atoms with van der Waals surface area (Å²) in [7, 11) is 0. The van der Waals surface area contributed by atoms with Gasteiger partial charge in [0, 0.05) is 6.42 Å². The first-order valence-corrected chi connectivity index (χ1v) is 8.67. The van der Waals surface area contributed by atoms with E-state index in [9.17, 15) is 4.79 Å². The van der Waals surface area contributed by atoms with Gasteiger partial charge < -0.3 is 0 Å². The summed E-state index contributed by atoms with van der Waals surface area (Å²) >= 11 is 0. The van der Waals surface area contributed by atoms with E-state index in [1.165, 1.54) is 27.8 Å². The van der Waals surface area contributed by atoms with Crippen LogP contribution in [0.5, 0.6) is 0 Å². The van der Waals surface area contributed by atoms with Crippen molar-refractivity contribution < 1.29 is 4.79 Å². The lowest BCUT2D eigenvalue weighted by atomic mass is 9.61. The first-order valence-electron chi connectivity index (χ1n) is 8.67. The molecule has 0 radical (unpaired) electrons. The van der Waals surface area contributed by atoms with E-state index in [1.807, 2.05) is 0 Å². The average Bonchev–Trinajstić information content (AvgIpc) is 3.21. The minimum atomic E-state index is -0.206. The number of carbonyl (C=O) groups excluding carboxylic acids is 1. The van der Waals surface area contributed by atoms with Crippen LogP contribution in [0.25, 0.3) is 11.1 Å². The molecule has 1 heteroatoms. The maximum absolute atomic E-state index is 13.0. The lowest BCUT2D eigenvalue weighted by molar-refractivity contribution is -0.126. The summed E-state index contributed by atoms with van der Waals surface area (Å²) in [6, 6.07) is 17.3. The molecule has 114 valence electrons. The van der Waals surface area contributed by atoms with E-state index in [1.54, 1.807) is 0 Å². The Morgan fingerprint density at radius 2 is 1.83 bits per heavy atom. The highest BCUT2D eigenvalue weighted by molar-refractivity contribution is 5.94. The molecule has 1 spiro atoms. The summed E-state index contributed by atoms with van der Waals surface area (Å²) in [6.45, 7) is 0. The van der Waals surface area contributed by atoms with E-state index < -0.39 is 0 Å². The maximum atomic E-state index is 13.0. The molecule has 0 saturated heterocycles. The van der Waals surface area contributed by atoms with Crippen LogP contribution in [0.3, 0.4) is 0 Å². The fourth-order valence-corrected chi connectivity index (χ4v) is 5.10. The molecular formula is C22H20O. The SMILES string of the molecule is O=C1CCc2ccc(-c3ccccc3)cc2C12CC1=CCC2C1. The van der Waals surface area contributed by atoms with Crippen molar-refractivity contribution in [3.8, 4) is 11.1 Å². The van der Waals surface area contributed by atoms with Gasteiger partial charge in [0.2, 0.25) is 0 Å². The number of fused-ring (bicyclic) bond motifs is 5. The second kappa shape index (κ2) is 4.67. The van der Waals surface area contributed by atoms with Crippen LogP contribution >= 0.6 is 0 Å². The van der Waals surface area contributed by atoms with Crippen LogP contribution in [0, 0.1) is 5.92 Å². The molecule has 0 aromatic heterocycles. The van der Waals surface area contributed by atoms with Crippen LogP contribution in [0.2, 0.25) is 0 Å². The molecule has 3 aliphatic rings. The van der Waals surface area contributed by atoms with E-state index in [2.05, 4.69) is 54.6 Å². The zero-order valence-corrected chi connectivity index (χ0v) is 13.2. The van der Waals surface area contributed by atoms with Gasteiger partial charge in [0.05, 0.1) is 5.41 Å². The first-order chi connectivity index (χ1) is 11.3. The highest BCUT2D eigenvalue weighted by Crippen LogP contribution is 2.57. The lowest BCUT2D eigenvalue weighted by Gasteiger charge is -2.40. The van der Waals surface area contributed by atoms with Gasteiger partial charge in [-0.1, -0.05) is 54.1 Å². The van der Waals surface area contributed by atoms with Gasteiger partial charge in [-0.05, 0) is 59.9 Å². The van der Waals surface area contributed by atoms with Crippen molar-refractivity contribution in [2.24, 2.45) is 5.92 Å². The van der Waals surface area contributed by atoms with E-state index in [4.69, 9.17) is 0 Å². The van der Waals surface area contributed by atoms with Crippen LogP contribution in [0.15, 0.2) is 60.2 Å². The average molecular weight is 300 g/mol. The van der Waals surface area contributed by atoms with Crippen molar-refractivity contribution in [2.75, 3.05) is 0 Å². The van der Waals surface area contributed by atoms with Crippen molar-refractivity contribution in [1.82, 2.24) is 0 Å². The minimum absolute atomic E-state index is 0.206. The van der Waals surface area contributed by atoms with Crippen LogP contribution in [0.1, 0.15) is 36.8 Å². The first kappa shape index (κ1) is 13.3. The van der Waals surface area contributed by atoms with Crippen LogP contribution in [0.4, 0.5) is 0 Å². The molecule has 0 N–H and O–H groups in total. The van der Waals surface area contributed by atoms with Crippen molar-refractivity contribution in [3.63, 3.8) is 0 Å². The quantitative estimate of drug-likeness (QED) is 0.688. The molecule has 2 aromatic carbocycles. The van der Waals surface area contributed by atoms with Crippen LogP contribution in [-0.2, 0) is 16.6 Å². The highest BCUT2D eigenvalue weighted by atomic mass is 16.1. The molecule has 2 bridgehead atoms. The van der Waals surface area contributed by atoms with Crippen molar-refractivity contribution in [2.45, 2.75) is 37.5 Å². The van der Waals surface area contributed by atoms with Gasteiger partial charge in [0.1, 0.15) is 5.78 Å². The van der Waals surface area contributed by atoms with Crippen LogP contribution in [-0.4, -0.2) is 5.78 Å².